The molecule has 0 aliphatic carbocycles. The second-order valence-electron chi connectivity index (χ2n) is 10.4. The molecule has 0 saturated heterocycles. The Labute approximate surface area is 201 Å². The quantitative estimate of drug-likeness (QED) is 0.324. The van der Waals surface area contributed by atoms with Crippen LogP contribution in [-0.4, -0.2) is 16.1 Å². The molecule has 0 fully saturated rings. The summed E-state index contributed by atoms with van der Waals surface area (Å²) in [5, 5.41) is 0. The molecule has 34 heavy (non-hydrogen) atoms. The Morgan fingerprint density at radius 3 is 2.15 bits per heavy atom. The number of aromatic nitrogens is 2. The largest absolute Gasteiger partial charge is 0.301 e. The fourth-order valence-corrected chi connectivity index (χ4v) is 6.00. The SMILES string of the molecule is Cc1cc(C)cc(N2c3ncc(-c4c(C)cccc4C)nc3N3c4ccccc4C(C)(C)C23)c1. The van der Waals surface area contributed by atoms with Crippen LogP contribution in [0.2, 0.25) is 0 Å². The van der Waals surface area contributed by atoms with Crippen molar-refractivity contribution in [2.45, 2.75) is 53.1 Å². The fraction of sp³-hybridized carbons (Fsp3) is 0.267. The molecular formula is C30H30N4. The predicted octanol–water partition coefficient (Wildman–Crippen LogP) is 7.28. The first-order chi connectivity index (χ1) is 16.3. The molecule has 0 radical (unpaired) electrons. The first kappa shape index (κ1) is 20.9. The Morgan fingerprint density at radius 1 is 0.765 bits per heavy atom. The summed E-state index contributed by atoms with van der Waals surface area (Å²) in [5.41, 5.74) is 10.7. The molecule has 0 N–H and O–H groups in total. The van der Waals surface area contributed by atoms with Gasteiger partial charge in [-0.15, -0.1) is 0 Å². The van der Waals surface area contributed by atoms with Crippen LogP contribution in [0.25, 0.3) is 11.3 Å². The van der Waals surface area contributed by atoms with E-state index in [9.17, 15) is 0 Å². The average molecular weight is 447 g/mol. The van der Waals surface area contributed by atoms with Gasteiger partial charge in [0.1, 0.15) is 6.17 Å². The summed E-state index contributed by atoms with van der Waals surface area (Å²) in [6, 6.07) is 21.9. The van der Waals surface area contributed by atoms with Gasteiger partial charge in [0.2, 0.25) is 0 Å². The van der Waals surface area contributed by atoms with Gasteiger partial charge in [-0.3, -0.25) is 0 Å². The highest BCUT2D eigenvalue weighted by Crippen LogP contribution is 2.58. The Kier molecular flexibility index (Phi) is 4.41. The highest BCUT2D eigenvalue weighted by Gasteiger charge is 2.54. The van der Waals surface area contributed by atoms with Crippen LogP contribution in [-0.2, 0) is 5.41 Å². The van der Waals surface area contributed by atoms with E-state index in [4.69, 9.17) is 9.97 Å². The van der Waals surface area contributed by atoms with E-state index in [0.29, 0.717) is 0 Å². The number of benzene rings is 3. The summed E-state index contributed by atoms with van der Waals surface area (Å²) in [5.74, 6) is 1.86. The lowest BCUT2D eigenvalue weighted by molar-refractivity contribution is 0.449. The number of hydrogen-bond acceptors (Lipinski definition) is 4. The maximum absolute atomic E-state index is 5.29. The number of para-hydroxylation sites is 1. The first-order valence-corrected chi connectivity index (χ1v) is 12.0. The van der Waals surface area contributed by atoms with Crippen LogP contribution in [0.5, 0.6) is 0 Å². The molecule has 3 heterocycles. The van der Waals surface area contributed by atoms with Crippen molar-refractivity contribution in [1.82, 2.24) is 9.97 Å². The topological polar surface area (TPSA) is 32.3 Å². The van der Waals surface area contributed by atoms with Gasteiger partial charge in [0, 0.05) is 22.4 Å². The smallest absolute Gasteiger partial charge is 0.179 e. The van der Waals surface area contributed by atoms with Crippen LogP contribution < -0.4 is 9.80 Å². The number of aryl methyl sites for hydroxylation is 4. The number of hydrogen-bond donors (Lipinski definition) is 0. The minimum atomic E-state index is -0.116. The van der Waals surface area contributed by atoms with Gasteiger partial charge in [-0.1, -0.05) is 56.3 Å². The van der Waals surface area contributed by atoms with Crippen LogP contribution in [0, 0.1) is 27.7 Å². The molecule has 4 nitrogen and oxygen atoms in total. The van der Waals surface area contributed by atoms with Gasteiger partial charge in [-0.2, -0.15) is 0 Å². The summed E-state index contributed by atoms with van der Waals surface area (Å²) in [6.07, 6.45) is 2.01. The van der Waals surface area contributed by atoms with Crippen molar-refractivity contribution in [2.24, 2.45) is 0 Å². The van der Waals surface area contributed by atoms with Crippen molar-refractivity contribution in [2.75, 3.05) is 9.80 Å². The Morgan fingerprint density at radius 2 is 1.44 bits per heavy atom. The zero-order valence-corrected chi connectivity index (χ0v) is 20.7. The minimum absolute atomic E-state index is 0.0642. The lowest BCUT2D eigenvalue weighted by Gasteiger charge is -2.36. The van der Waals surface area contributed by atoms with E-state index in [2.05, 4.69) is 112 Å². The van der Waals surface area contributed by atoms with Crippen LogP contribution in [0.3, 0.4) is 0 Å². The molecule has 0 saturated carbocycles. The molecule has 1 atom stereocenters. The second-order valence-corrected chi connectivity index (χ2v) is 10.4. The van der Waals surface area contributed by atoms with Gasteiger partial charge in [-0.25, -0.2) is 9.97 Å². The third-order valence-electron chi connectivity index (χ3n) is 7.41. The van der Waals surface area contributed by atoms with Gasteiger partial charge in [0.05, 0.1) is 11.9 Å². The lowest BCUT2D eigenvalue weighted by atomic mass is 9.83. The molecule has 1 unspecified atom stereocenters. The van der Waals surface area contributed by atoms with Gasteiger partial charge in [-0.05, 0) is 73.7 Å². The molecule has 170 valence electrons. The second kappa shape index (κ2) is 7.17. The maximum atomic E-state index is 5.29. The highest BCUT2D eigenvalue weighted by atomic mass is 15.5. The van der Waals surface area contributed by atoms with Crippen molar-refractivity contribution in [3.8, 4) is 11.3 Å². The summed E-state index contributed by atoms with van der Waals surface area (Å²) >= 11 is 0. The molecule has 4 heteroatoms. The van der Waals surface area contributed by atoms with E-state index >= 15 is 0 Å². The lowest BCUT2D eigenvalue weighted by Crippen LogP contribution is -2.46. The van der Waals surface area contributed by atoms with Crippen molar-refractivity contribution >= 4 is 23.0 Å². The molecule has 6 rings (SSSR count). The molecular weight excluding hydrogens is 416 g/mol. The number of fused-ring (bicyclic) bond motifs is 5. The van der Waals surface area contributed by atoms with E-state index in [1.54, 1.807) is 0 Å². The van der Waals surface area contributed by atoms with E-state index in [1.807, 2.05) is 6.20 Å². The van der Waals surface area contributed by atoms with Crippen LogP contribution in [0.4, 0.5) is 23.0 Å². The average Bonchev–Trinajstić information content (AvgIpc) is 3.24. The first-order valence-electron chi connectivity index (χ1n) is 12.0. The van der Waals surface area contributed by atoms with Crippen molar-refractivity contribution in [1.29, 1.82) is 0 Å². The van der Waals surface area contributed by atoms with Crippen LogP contribution in [0.1, 0.15) is 41.7 Å². The normalized spacial score (nSPS) is 17.5. The fourth-order valence-electron chi connectivity index (χ4n) is 6.00. The van der Waals surface area contributed by atoms with Crippen LogP contribution >= 0.6 is 0 Å². The summed E-state index contributed by atoms with van der Waals surface area (Å²) in [7, 11) is 0. The number of rotatable bonds is 2. The molecule has 2 aliphatic rings. The third kappa shape index (κ3) is 2.84. The zero-order chi connectivity index (χ0) is 23.8. The highest BCUT2D eigenvalue weighted by molar-refractivity contribution is 5.90. The number of anilines is 4. The van der Waals surface area contributed by atoms with Crippen molar-refractivity contribution < 1.29 is 0 Å². The zero-order valence-electron chi connectivity index (χ0n) is 20.7. The summed E-state index contributed by atoms with van der Waals surface area (Å²) in [4.78, 5) is 15.2. The Balaban J connectivity index is 1.63. The molecule has 0 bridgehead atoms. The molecule has 1 aromatic heterocycles. The summed E-state index contributed by atoms with van der Waals surface area (Å²) < 4.78 is 0. The third-order valence-corrected chi connectivity index (χ3v) is 7.41. The van der Waals surface area contributed by atoms with Gasteiger partial charge >= 0.3 is 0 Å². The predicted molar refractivity (Wildman–Crippen MR) is 140 cm³/mol. The van der Waals surface area contributed by atoms with E-state index in [-0.39, 0.29) is 11.6 Å². The maximum Gasteiger partial charge on any atom is 0.179 e. The van der Waals surface area contributed by atoms with Gasteiger partial charge < -0.3 is 9.80 Å². The van der Waals surface area contributed by atoms with Gasteiger partial charge in [0.25, 0.3) is 0 Å². The van der Waals surface area contributed by atoms with Gasteiger partial charge in [0.15, 0.2) is 11.6 Å². The molecule has 0 spiro atoms. The molecule has 4 aromatic rings. The Hall–Kier alpha value is -3.66. The minimum Gasteiger partial charge on any atom is -0.301 e. The molecule has 0 amide bonds. The molecule has 3 aromatic carbocycles. The Bertz CT molecular complexity index is 1410. The molecule has 2 aliphatic heterocycles. The van der Waals surface area contributed by atoms with E-state index < -0.39 is 0 Å². The summed E-state index contributed by atoms with van der Waals surface area (Å²) in [6.45, 7) is 13.3. The van der Waals surface area contributed by atoms with Crippen LogP contribution in [0.15, 0.2) is 66.9 Å². The number of nitrogens with zero attached hydrogens (tertiary/aromatic N) is 4. The standard InChI is InChI=1S/C30H30N4/c1-18-14-19(2)16-22(15-18)33-27-28(32-24(17-31-27)26-20(3)10-9-11-21(26)4)34-25-13-8-7-12-23(25)30(5,6)29(33)34/h7-17,29H,1-6H3. The van der Waals surface area contributed by atoms with Crippen molar-refractivity contribution in [3.63, 3.8) is 0 Å². The van der Waals surface area contributed by atoms with E-state index in [0.717, 1.165) is 17.3 Å². The van der Waals surface area contributed by atoms with Crippen molar-refractivity contribution in [3.05, 3.63) is 94.7 Å². The van der Waals surface area contributed by atoms with E-state index in [1.165, 1.54) is 44.8 Å². The monoisotopic (exact) mass is 446 g/mol.